The van der Waals surface area contributed by atoms with Gasteiger partial charge in [0.1, 0.15) is 11.6 Å². The Balaban J connectivity index is 1.92. The summed E-state index contributed by atoms with van der Waals surface area (Å²) in [6.07, 6.45) is 0. The van der Waals surface area contributed by atoms with E-state index < -0.39 is 17.8 Å². The lowest BCUT2D eigenvalue weighted by atomic mass is 10.1. The van der Waals surface area contributed by atoms with E-state index in [9.17, 15) is 14.0 Å². The fraction of sp³-hybridized carbons (Fsp3) is 0.192. The number of aromatic nitrogens is 2. The van der Waals surface area contributed by atoms with Gasteiger partial charge in [0.2, 0.25) is 0 Å². The molecule has 6 heteroatoms. The van der Waals surface area contributed by atoms with Crippen LogP contribution in [0, 0.1) is 12.7 Å². The van der Waals surface area contributed by atoms with Crippen molar-refractivity contribution in [2.24, 2.45) is 0 Å². The van der Waals surface area contributed by atoms with Gasteiger partial charge in [0.15, 0.2) is 0 Å². The van der Waals surface area contributed by atoms with Crippen LogP contribution in [0.2, 0.25) is 0 Å². The summed E-state index contributed by atoms with van der Waals surface area (Å²) in [5.41, 5.74) is 2.00. The summed E-state index contributed by atoms with van der Waals surface area (Å²) in [4.78, 5) is 33.1. The van der Waals surface area contributed by atoms with E-state index in [1.54, 1.807) is 34.9 Å². The maximum atomic E-state index is 14.3. The average Bonchev–Trinajstić information content (AvgIpc) is 2.79. The molecule has 1 aromatic heterocycles. The first-order valence-electron chi connectivity index (χ1n) is 10.6. The minimum Gasteiger partial charge on any atom is -0.329 e. The highest BCUT2D eigenvalue weighted by atomic mass is 19.1. The molecule has 5 nitrogen and oxygen atoms in total. The Labute approximate surface area is 185 Å². The second-order valence-corrected chi connectivity index (χ2v) is 7.71. The van der Waals surface area contributed by atoms with Crippen LogP contribution < -0.4 is 5.56 Å². The number of para-hydroxylation sites is 1. The van der Waals surface area contributed by atoms with Gasteiger partial charge < -0.3 is 4.90 Å². The molecule has 0 fully saturated rings. The van der Waals surface area contributed by atoms with Crippen LogP contribution in [0.15, 0.2) is 77.6 Å². The first kappa shape index (κ1) is 21.4. The SMILES string of the molecule is CCN(C(=O)c1ccccc1F)C(C)c1nc2ccccc2c(=O)n1-c1cccc(C)c1. The van der Waals surface area contributed by atoms with Crippen LogP contribution in [0.3, 0.4) is 0 Å². The number of hydrogen-bond acceptors (Lipinski definition) is 3. The summed E-state index contributed by atoms with van der Waals surface area (Å²) in [7, 11) is 0. The maximum Gasteiger partial charge on any atom is 0.266 e. The Kier molecular flexibility index (Phi) is 5.86. The van der Waals surface area contributed by atoms with E-state index in [0.717, 1.165) is 5.56 Å². The van der Waals surface area contributed by atoms with Gasteiger partial charge in [0.25, 0.3) is 11.5 Å². The monoisotopic (exact) mass is 429 g/mol. The largest absolute Gasteiger partial charge is 0.329 e. The van der Waals surface area contributed by atoms with Crippen LogP contribution in [-0.2, 0) is 0 Å². The standard InChI is InChI=1S/C26H24FN3O2/c1-4-29(25(31)20-12-5-7-14-22(20)27)18(3)24-28-23-15-8-6-13-21(23)26(32)30(24)19-11-9-10-17(2)16-19/h5-16,18H,4H2,1-3H3. The van der Waals surface area contributed by atoms with Crippen molar-refractivity contribution in [3.05, 3.63) is 106 Å². The molecule has 32 heavy (non-hydrogen) atoms. The van der Waals surface area contributed by atoms with Gasteiger partial charge in [-0.25, -0.2) is 9.37 Å². The van der Waals surface area contributed by atoms with Gasteiger partial charge in [-0.3, -0.25) is 14.2 Å². The first-order valence-corrected chi connectivity index (χ1v) is 10.6. The van der Waals surface area contributed by atoms with Crippen molar-refractivity contribution in [3.8, 4) is 5.69 Å². The predicted molar refractivity (Wildman–Crippen MR) is 124 cm³/mol. The van der Waals surface area contributed by atoms with Crippen LogP contribution in [-0.4, -0.2) is 26.9 Å². The zero-order valence-corrected chi connectivity index (χ0v) is 18.2. The van der Waals surface area contributed by atoms with Crippen molar-refractivity contribution in [1.82, 2.24) is 14.5 Å². The number of carbonyl (C=O) groups excluding carboxylic acids is 1. The molecule has 0 spiro atoms. The number of benzene rings is 3. The molecule has 162 valence electrons. The van der Waals surface area contributed by atoms with E-state index in [1.807, 2.05) is 51.1 Å². The first-order chi connectivity index (χ1) is 15.4. The number of carbonyl (C=O) groups is 1. The van der Waals surface area contributed by atoms with E-state index in [1.165, 1.54) is 17.0 Å². The van der Waals surface area contributed by atoms with Crippen molar-refractivity contribution in [2.75, 3.05) is 6.54 Å². The van der Waals surface area contributed by atoms with Crippen molar-refractivity contribution in [3.63, 3.8) is 0 Å². The number of hydrogen-bond donors (Lipinski definition) is 0. The number of nitrogens with zero attached hydrogens (tertiary/aromatic N) is 3. The average molecular weight is 429 g/mol. The fourth-order valence-electron chi connectivity index (χ4n) is 3.97. The lowest BCUT2D eigenvalue weighted by molar-refractivity contribution is 0.0688. The topological polar surface area (TPSA) is 55.2 Å². The predicted octanol–water partition coefficient (Wildman–Crippen LogP) is 5.06. The lowest BCUT2D eigenvalue weighted by Gasteiger charge is -2.29. The molecule has 1 unspecified atom stereocenters. The molecule has 0 N–H and O–H groups in total. The second-order valence-electron chi connectivity index (χ2n) is 7.71. The molecule has 0 aliphatic heterocycles. The van der Waals surface area contributed by atoms with Crippen LogP contribution in [0.4, 0.5) is 4.39 Å². The Hall–Kier alpha value is -3.80. The van der Waals surface area contributed by atoms with Gasteiger partial charge in [-0.15, -0.1) is 0 Å². The Morgan fingerprint density at radius 3 is 2.50 bits per heavy atom. The van der Waals surface area contributed by atoms with Gasteiger partial charge in [0.05, 0.1) is 28.2 Å². The van der Waals surface area contributed by atoms with E-state index in [4.69, 9.17) is 4.98 Å². The maximum absolute atomic E-state index is 14.3. The van der Waals surface area contributed by atoms with Gasteiger partial charge in [-0.2, -0.15) is 0 Å². The molecule has 1 heterocycles. The molecule has 1 atom stereocenters. The molecule has 3 aromatic carbocycles. The zero-order chi connectivity index (χ0) is 22.8. The molecule has 0 aliphatic rings. The van der Waals surface area contributed by atoms with Gasteiger partial charge >= 0.3 is 0 Å². The van der Waals surface area contributed by atoms with Gasteiger partial charge in [0, 0.05) is 6.54 Å². The molecule has 0 radical (unpaired) electrons. The highest BCUT2D eigenvalue weighted by Gasteiger charge is 2.27. The number of halogens is 1. The third kappa shape index (κ3) is 3.80. The number of amides is 1. The summed E-state index contributed by atoms with van der Waals surface area (Å²) in [5.74, 6) is -0.604. The molecule has 1 amide bonds. The molecule has 0 aliphatic carbocycles. The smallest absolute Gasteiger partial charge is 0.266 e. The quantitative estimate of drug-likeness (QED) is 0.446. The minimum absolute atomic E-state index is 0.00792. The number of rotatable bonds is 5. The lowest BCUT2D eigenvalue weighted by Crippen LogP contribution is -2.37. The molecule has 0 bridgehead atoms. The van der Waals surface area contributed by atoms with E-state index >= 15 is 0 Å². The molecular weight excluding hydrogens is 405 g/mol. The highest BCUT2D eigenvalue weighted by molar-refractivity contribution is 5.94. The van der Waals surface area contributed by atoms with Crippen molar-refractivity contribution < 1.29 is 9.18 Å². The number of fused-ring (bicyclic) bond motifs is 1. The highest BCUT2D eigenvalue weighted by Crippen LogP contribution is 2.25. The van der Waals surface area contributed by atoms with Crippen molar-refractivity contribution in [2.45, 2.75) is 26.8 Å². The summed E-state index contributed by atoms with van der Waals surface area (Å²) >= 11 is 0. The third-order valence-electron chi connectivity index (χ3n) is 5.61. The summed E-state index contributed by atoms with van der Waals surface area (Å²) in [5, 5.41) is 0.494. The summed E-state index contributed by atoms with van der Waals surface area (Å²) in [6, 6.07) is 20.1. The Bertz CT molecular complexity index is 1360. The van der Waals surface area contributed by atoms with Gasteiger partial charge in [-0.1, -0.05) is 36.4 Å². The normalized spacial score (nSPS) is 12.0. The molecule has 4 aromatic rings. The molecule has 4 rings (SSSR count). The van der Waals surface area contributed by atoms with E-state index in [2.05, 4.69) is 0 Å². The Morgan fingerprint density at radius 2 is 1.78 bits per heavy atom. The van der Waals surface area contributed by atoms with Crippen molar-refractivity contribution >= 4 is 16.8 Å². The van der Waals surface area contributed by atoms with Crippen LogP contribution in [0.1, 0.15) is 41.6 Å². The molecular formula is C26H24FN3O2. The molecule has 0 saturated heterocycles. The van der Waals surface area contributed by atoms with Crippen LogP contribution in [0.5, 0.6) is 0 Å². The summed E-state index contributed by atoms with van der Waals surface area (Å²) in [6.45, 7) is 5.91. The second kappa shape index (κ2) is 8.75. The van der Waals surface area contributed by atoms with E-state index in [0.29, 0.717) is 29.0 Å². The van der Waals surface area contributed by atoms with Crippen molar-refractivity contribution in [1.29, 1.82) is 0 Å². The zero-order valence-electron chi connectivity index (χ0n) is 18.2. The Morgan fingerprint density at radius 1 is 1.06 bits per heavy atom. The molecule has 0 saturated carbocycles. The minimum atomic E-state index is -0.579. The van der Waals surface area contributed by atoms with Crippen LogP contribution >= 0.6 is 0 Å². The number of aryl methyl sites for hydroxylation is 1. The summed E-state index contributed by atoms with van der Waals surface area (Å²) < 4.78 is 15.9. The third-order valence-corrected chi connectivity index (χ3v) is 5.61. The van der Waals surface area contributed by atoms with Crippen LogP contribution in [0.25, 0.3) is 16.6 Å². The van der Waals surface area contributed by atoms with Gasteiger partial charge in [-0.05, 0) is 62.7 Å². The fourth-order valence-corrected chi connectivity index (χ4v) is 3.97. The van der Waals surface area contributed by atoms with E-state index in [-0.39, 0.29) is 11.1 Å².